The van der Waals surface area contributed by atoms with Crippen molar-refractivity contribution >= 4 is 22.5 Å². The zero-order valence-electron chi connectivity index (χ0n) is 8.78. The van der Waals surface area contributed by atoms with E-state index in [1.807, 2.05) is 18.2 Å². The predicted octanol–water partition coefficient (Wildman–Crippen LogP) is 3.26. The van der Waals surface area contributed by atoms with Crippen molar-refractivity contribution in [2.24, 2.45) is 0 Å². The summed E-state index contributed by atoms with van der Waals surface area (Å²) in [5.74, 6) is 0. The molecule has 1 atom stereocenters. The van der Waals surface area contributed by atoms with Crippen LogP contribution < -0.4 is 0 Å². The third-order valence-corrected chi connectivity index (χ3v) is 3.45. The van der Waals surface area contributed by atoms with E-state index in [0.29, 0.717) is 5.02 Å². The monoisotopic (exact) mass is 233 g/mol. The van der Waals surface area contributed by atoms with E-state index in [1.54, 1.807) is 0 Å². The quantitative estimate of drug-likeness (QED) is 0.758. The van der Waals surface area contributed by atoms with Crippen LogP contribution in [0.5, 0.6) is 0 Å². The molecule has 0 aliphatic heterocycles. The van der Waals surface area contributed by atoms with Gasteiger partial charge in [0.05, 0.1) is 22.3 Å². The molecule has 2 nitrogen and oxygen atoms in total. The van der Waals surface area contributed by atoms with E-state index in [9.17, 15) is 5.11 Å². The number of rotatable bonds is 0. The van der Waals surface area contributed by atoms with Gasteiger partial charge in [-0.05, 0) is 37.0 Å². The Balaban J connectivity index is 2.31. The van der Waals surface area contributed by atoms with Crippen molar-refractivity contribution in [3.05, 3.63) is 40.5 Å². The van der Waals surface area contributed by atoms with E-state index < -0.39 is 6.10 Å². The van der Waals surface area contributed by atoms with Crippen molar-refractivity contribution in [3.63, 3.8) is 0 Å². The largest absolute Gasteiger partial charge is 0.387 e. The normalized spacial score (nSPS) is 19.8. The number of pyridine rings is 1. The molecule has 0 spiro atoms. The zero-order chi connectivity index (χ0) is 11.1. The number of benzene rings is 1. The first kappa shape index (κ1) is 10.1. The van der Waals surface area contributed by atoms with Crippen molar-refractivity contribution in [1.82, 2.24) is 4.98 Å². The minimum absolute atomic E-state index is 0.426. The first-order valence-corrected chi connectivity index (χ1v) is 5.89. The Bertz CT molecular complexity index is 553. The van der Waals surface area contributed by atoms with Crippen LogP contribution in [0.15, 0.2) is 24.3 Å². The van der Waals surface area contributed by atoms with Crippen molar-refractivity contribution in [2.75, 3.05) is 0 Å². The molecule has 1 N–H and O–H groups in total. The summed E-state index contributed by atoms with van der Waals surface area (Å²) in [4.78, 5) is 4.51. The summed E-state index contributed by atoms with van der Waals surface area (Å²) in [5.41, 5.74) is 2.77. The Kier molecular flexibility index (Phi) is 2.34. The standard InChI is InChI=1S/C13H12ClNO/c14-10-5-1-3-8-7-9-4-2-6-11(16)13(9)15-12(8)10/h1,3,5,7,11,16H,2,4,6H2. The number of halogens is 1. The molecule has 1 unspecified atom stereocenters. The molecule has 0 saturated heterocycles. The fraction of sp³-hybridized carbons (Fsp3) is 0.308. The van der Waals surface area contributed by atoms with Crippen LogP contribution in [0.3, 0.4) is 0 Å². The highest BCUT2D eigenvalue weighted by Crippen LogP contribution is 2.32. The fourth-order valence-electron chi connectivity index (χ4n) is 2.33. The first-order chi connectivity index (χ1) is 7.75. The van der Waals surface area contributed by atoms with Gasteiger partial charge in [-0.15, -0.1) is 0 Å². The Morgan fingerprint density at radius 1 is 1.38 bits per heavy atom. The van der Waals surface area contributed by atoms with E-state index >= 15 is 0 Å². The number of hydrogen-bond acceptors (Lipinski definition) is 2. The lowest BCUT2D eigenvalue weighted by Gasteiger charge is -2.20. The summed E-state index contributed by atoms with van der Waals surface area (Å²) >= 11 is 6.10. The smallest absolute Gasteiger partial charge is 0.0963 e. The van der Waals surface area contributed by atoms with E-state index in [-0.39, 0.29) is 0 Å². The molecular weight excluding hydrogens is 222 g/mol. The summed E-state index contributed by atoms with van der Waals surface area (Å²) in [6.07, 6.45) is 2.41. The minimum atomic E-state index is -0.426. The van der Waals surface area contributed by atoms with E-state index in [4.69, 9.17) is 11.6 Å². The maximum atomic E-state index is 9.91. The number of aryl methyl sites for hydroxylation is 1. The van der Waals surface area contributed by atoms with Gasteiger partial charge in [-0.25, -0.2) is 4.98 Å². The average molecular weight is 234 g/mol. The van der Waals surface area contributed by atoms with E-state index in [0.717, 1.165) is 41.4 Å². The molecule has 1 aromatic heterocycles. The molecule has 0 fully saturated rings. The number of aromatic nitrogens is 1. The summed E-state index contributed by atoms with van der Waals surface area (Å²) < 4.78 is 0. The Labute approximate surface area is 98.9 Å². The Morgan fingerprint density at radius 3 is 3.12 bits per heavy atom. The van der Waals surface area contributed by atoms with Gasteiger partial charge < -0.3 is 5.11 Å². The van der Waals surface area contributed by atoms with Gasteiger partial charge >= 0.3 is 0 Å². The third-order valence-electron chi connectivity index (χ3n) is 3.15. The minimum Gasteiger partial charge on any atom is -0.387 e. The van der Waals surface area contributed by atoms with Crippen molar-refractivity contribution in [1.29, 1.82) is 0 Å². The molecule has 0 radical (unpaired) electrons. The topological polar surface area (TPSA) is 33.1 Å². The van der Waals surface area contributed by atoms with Crippen molar-refractivity contribution in [3.8, 4) is 0 Å². The lowest BCUT2D eigenvalue weighted by molar-refractivity contribution is 0.152. The highest BCUT2D eigenvalue weighted by Gasteiger charge is 2.20. The second-order valence-corrected chi connectivity index (χ2v) is 4.66. The number of para-hydroxylation sites is 1. The highest BCUT2D eigenvalue weighted by molar-refractivity contribution is 6.35. The molecule has 1 aliphatic carbocycles. The molecule has 3 rings (SSSR count). The maximum absolute atomic E-state index is 9.91. The van der Waals surface area contributed by atoms with Crippen LogP contribution in [-0.4, -0.2) is 10.1 Å². The van der Waals surface area contributed by atoms with Crippen LogP contribution in [-0.2, 0) is 6.42 Å². The van der Waals surface area contributed by atoms with Gasteiger partial charge in [0.1, 0.15) is 0 Å². The van der Waals surface area contributed by atoms with Crippen molar-refractivity contribution in [2.45, 2.75) is 25.4 Å². The van der Waals surface area contributed by atoms with E-state index in [2.05, 4.69) is 11.1 Å². The molecular formula is C13H12ClNO. The molecule has 0 amide bonds. The van der Waals surface area contributed by atoms with Crippen LogP contribution in [0.2, 0.25) is 5.02 Å². The number of aliphatic hydroxyl groups is 1. The third kappa shape index (κ3) is 1.49. The zero-order valence-corrected chi connectivity index (χ0v) is 9.54. The molecule has 16 heavy (non-hydrogen) atoms. The Morgan fingerprint density at radius 2 is 2.25 bits per heavy atom. The summed E-state index contributed by atoms with van der Waals surface area (Å²) in [6.45, 7) is 0. The van der Waals surface area contributed by atoms with E-state index in [1.165, 1.54) is 0 Å². The van der Waals surface area contributed by atoms with Gasteiger partial charge in [0.15, 0.2) is 0 Å². The van der Waals surface area contributed by atoms with Gasteiger partial charge in [-0.2, -0.15) is 0 Å². The van der Waals surface area contributed by atoms with Gasteiger partial charge in [-0.1, -0.05) is 23.7 Å². The summed E-state index contributed by atoms with van der Waals surface area (Å²) in [7, 11) is 0. The molecule has 3 heteroatoms. The van der Waals surface area contributed by atoms with Crippen molar-refractivity contribution < 1.29 is 5.11 Å². The molecule has 2 aromatic rings. The highest BCUT2D eigenvalue weighted by atomic mass is 35.5. The van der Waals surface area contributed by atoms with Crippen LogP contribution in [0.1, 0.15) is 30.2 Å². The van der Waals surface area contributed by atoms with Gasteiger partial charge in [-0.3, -0.25) is 0 Å². The second-order valence-electron chi connectivity index (χ2n) is 4.25. The second kappa shape index (κ2) is 3.72. The lowest BCUT2D eigenvalue weighted by Crippen LogP contribution is -2.11. The van der Waals surface area contributed by atoms with Gasteiger partial charge in [0, 0.05) is 5.39 Å². The maximum Gasteiger partial charge on any atom is 0.0963 e. The number of fused-ring (bicyclic) bond motifs is 2. The summed E-state index contributed by atoms with van der Waals surface area (Å²) in [5, 5.41) is 11.6. The fourth-order valence-corrected chi connectivity index (χ4v) is 2.56. The summed E-state index contributed by atoms with van der Waals surface area (Å²) in [6, 6.07) is 7.87. The van der Waals surface area contributed by atoms with Crippen LogP contribution >= 0.6 is 11.6 Å². The number of aliphatic hydroxyl groups excluding tert-OH is 1. The average Bonchev–Trinajstić information content (AvgIpc) is 2.28. The lowest BCUT2D eigenvalue weighted by atomic mass is 9.92. The molecule has 0 bridgehead atoms. The SMILES string of the molecule is OC1CCCc2cc3cccc(Cl)c3nc21. The van der Waals surface area contributed by atoms with Crippen LogP contribution in [0.4, 0.5) is 0 Å². The van der Waals surface area contributed by atoms with Crippen LogP contribution in [0.25, 0.3) is 10.9 Å². The molecule has 1 aromatic carbocycles. The molecule has 1 aliphatic rings. The first-order valence-electron chi connectivity index (χ1n) is 5.52. The van der Waals surface area contributed by atoms with Gasteiger partial charge in [0.25, 0.3) is 0 Å². The Hall–Kier alpha value is -1.12. The number of hydrogen-bond donors (Lipinski definition) is 1. The molecule has 0 saturated carbocycles. The number of nitrogens with zero attached hydrogens (tertiary/aromatic N) is 1. The van der Waals surface area contributed by atoms with Gasteiger partial charge in [0.2, 0.25) is 0 Å². The van der Waals surface area contributed by atoms with Crippen LogP contribution in [0, 0.1) is 0 Å². The molecule has 82 valence electrons. The predicted molar refractivity (Wildman–Crippen MR) is 64.7 cm³/mol. The molecule has 1 heterocycles.